The zero-order valence-corrected chi connectivity index (χ0v) is 21.3. The summed E-state index contributed by atoms with van der Waals surface area (Å²) >= 11 is 0. The minimum absolute atomic E-state index is 0.00820. The van der Waals surface area contributed by atoms with Gasteiger partial charge in [0.1, 0.15) is 23.0 Å². The quantitative estimate of drug-likeness (QED) is 0.271. The van der Waals surface area contributed by atoms with Gasteiger partial charge in [0.05, 0.1) is 32.5 Å². The highest BCUT2D eigenvalue weighted by Crippen LogP contribution is 2.49. The number of benzene rings is 3. The van der Waals surface area contributed by atoms with Gasteiger partial charge in [-0.05, 0) is 55.0 Å². The number of nitrogens with zero attached hydrogens (tertiary/aromatic N) is 2. The molecule has 0 saturated carbocycles. The molecule has 0 fully saturated rings. The van der Waals surface area contributed by atoms with E-state index in [-0.39, 0.29) is 11.9 Å². The number of carbonyl (C=O) groups is 1. The first kappa shape index (κ1) is 23.0. The number of ether oxygens (including phenoxy) is 2. The lowest BCUT2D eigenvalue weighted by Crippen LogP contribution is -2.28. The molecule has 3 heterocycles. The molecule has 0 bridgehead atoms. The molecule has 0 N–H and O–H groups in total. The van der Waals surface area contributed by atoms with E-state index in [1.807, 2.05) is 72.5 Å². The first-order valence-electron chi connectivity index (χ1n) is 12.3. The normalized spacial score (nSPS) is 14.9. The van der Waals surface area contributed by atoms with Crippen LogP contribution in [0, 0.1) is 6.92 Å². The SMILES string of the molecule is COc1ccc(OC)c(-c2c([C@H]3c4ccccc4C(=O)N3Cc3ccc(C)o3)c3ccccc3n2C)c1. The Labute approximate surface area is 215 Å². The maximum Gasteiger partial charge on any atom is 0.255 e. The Bertz CT molecular complexity index is 1640. The first-order chi connectivity index (χ1) is 18.0. The highest BCUT2D eigenvalue weighted by atomic mass is 16.5. The Morgan fingerprint density at radius 2 is 1.68 bits per heavy atom. The Hall–Kier alpha value is -4.45. The molecule has 1 aliphatic rings. The van der Waals surface area contributed by atoms with Crippen LogP contribution in [0.2, 0.25) is 0 Å². The van der Waals surface area contributed by atoms with Crippen molar-refractivity contribution >= 4 is 16.8 Å². The van der Waals surface area contributed by atoms with Crippen LogP contribution < -0.4 is 9.47 Å². The third-order valence-electron chi connectivity index (χ3n) is 7.26. The fourth-order valence-electron chi connectivity index (χ4n) is 5.61. The second-order valence-corrected chi connectivity index (χ2v) is 9.34. The van der Waals surface area contributed by atoms with E-state index in [4.69, 9.17) is 13.9 Å². The number of hydrogen-bond acceptors (Lipinski definition) is 4. The molecule has 0 radical (unpaired) electrons. The summed E-state index contributed by atoms with van der Waals surface area (Å²) in [5, 5.41) is 1.08. The number of furan rings is 1. The van der Waals surface area contributed by atoms with Crippen molar-refractivity contribution in [2.45, 2.75) is 19.5 Å². The fourth-order valence-corrected chi connectivity index (χ4v) is 5.61. The molecule has 0 saturated heterocycles. The average Bonchev–Trinajstić information content (AvgIpc) is 3.56. The van der Waals surface area contributed by atoms with Crippen molar-refractivity contribution in [2.24, 2.45) is 7.05 Å². The maximum absolute atomic E-state index is 13.8. The molecule has 2 aromatic heterocycles. The van der Waals surface area contributed by atoms with Gasteiger partial charge in [-0.15, -0.1) is 0 Å². The summed E-state index contributed by atoms with van der Waals surface area (Å²) in [5.41, 5.74) is 5.70. The molecule has 6 rings (SSSR count). The summed E-state index contributed by atoms with van der Waals surface area (Å²) in [6.07, 6.45) is 0. The summed E-state index contributed by atoms with van der Waals surface area (Å²) in [6, 6.07) is 25.6. The third-order valence-corrected chi connectivity index (χ3v) is 7.26. The van der Waals surface area contributed by atoms with Crippen molar-refractivity contribution in [3.8, 4) is 22.8 Å². The van der Waals surface area contributed by atoms with E-state index in [1.165, 1.54) is 0 Å². The van der Waals surface area contributed by atoms with Crippen molar-refractivity contribution in [1.29, 1.82) is 0 Å². The standard InChI is InChI=1S/C31H28N2O4/c1-19-13-14-21(37-19)18-33-30(22-9-5-6-10-23(22)31(33)34)28-24-11-7-8-12-26(24)32(2)29(28)25-17-20(35-3)15-16-27(25)36-4/h5-17,30H,18H2,1-4H3/t30-/m1/s1. The van der Waals surface area contributed by atoms with Gasteiger partial charge >= 0.3 is 0 Å². The number of para-hydroxylation sites is 1. The average molecular weight is 493 g/mol. The molecule has 0 unspecified atom stereocenters. The zero-order chi connectivity index (χ0) is 25.7. The van der Waals surface area contributed by atoms with Crippen LogP contribution >= 0.6 is 0 Å². The van der Waals surface area contributed by atoms with E-state index < -0.39 is 0 Å². The van der Waals surface area contributed by atoms with Gasteiger partial charge in [0.15, 0.2) is 0 Å². The van der Waals surface area contributed by atoms with E-state index in [0.717, 1.165) is 56.3 Å². The van der Waals surface area contributed by atoms with Gasteiger partial charge < -0.3 is 23.4 Å². The Morgan fingerprint density at radius 3 is 2.43 bits per heavy atom. The summed E-state index contributed by atoms with van der Waals surface area (Å²) in [6.45, 7) is 2.28. The number of methoxy groups -OCH3 is 2. The summed E-state index contributed by atoms with van der Waals surface area (Å²) in [5.74, 6) is 3.04. The van der Waals surface area contributed by atoms with E-state index >= 15 is 0 Å². The lowest BCUT2D eigenvalue weighted by molar-refractivity contribution is 0.0723. The molecule has 1 aliphatic heterocycles. The van der Waals surface area contributed by atoms with Crippen LogP contribution in [0.3, 0.4) is 0 Å². The highest BCUT2D eigenvalue weighted by molar-refractivity contribution is 6.02. The number of rotatable bonds is 6. The molecule has 37 heavy (non-hydrogen) atoms. The van der Waals surface area contributed by atoms with Gasteiger partial charge in [0, 0.05) is 34.6 Å². The van der Waals surface area contributed by atoms with Crippen molar-refractivity contribution in [1.82, 2.24) is 9.47 Å². The lowest BCUT2D eigenvalue weighted by Gasteiger charge is -2.26. The van der Waals surface area contributed by atoms with Crippen LogP contribution in [0.5, 0.6) is 11.5 Å². The molecule has 6 nitrogen and oxygen atoms in total. The highest BCUT2D eigenvalue weighted by Gasteiger charge is 2.41. The number of hydrogen-bond donors (Lipinski definition) is 0. The van der Waals surface area contributed by atoms with Crippen LogP contribution in [-0.4, -0.2) is 29.6 Å². The minimum atomic E-state index is -0.314. The number of fused-ring (bicyclic) bond motifs is 2. The van der Waals surface area contributed by atoms with Gasteiger partial charge in [-0.25, -0.2) is 0 Å². The smallest absolute Gasteiger partial charge is 0.255 e. The largest absolute Gasteiger partial charge is 0.497 e. The van der Waals surface area contributed by atoms with Gasteiger partial charge in [0.2, 0.25) is 0 Å². The Balaban J connectivity index is 1.66. The molecule has 5 aromatic rings. The topological polar surface area (TPSA) is 56.8 Å². The third kappa shape index (κ3) is 3.59. The molecule has 0 spiro atoms. The zero-order valence-electron chi connectivity index (χ0n) is 21.3. The summed E-state index contributed by atoms with van der Waals surface area (Å²) in [7, 11) is 5.39. The summed E-state index contributed by atoms with van der Waals surface area (Å²) < 4.78 is 19.5. The monoisotopic (exact) mass is 492 g/mol. The fraction of sp³-hybridized carbons (Fsp3) is 0.194. The van der Waals surface area contributed by atoms with E-state index in [1.54, 1.807) is 14.2 Å². The number of aromatic nitrogens is 1. The van der Waals surface area contributed by atoms with Gasteiger partial charge in [-0.1, -0.05) is 36.4 Å². The van der Waals surface area contributed by atoms with Crippen molar-refractivity contribution in [3.63, 3.8) is 0 Å². The molecular formula is C31H28N2O4. The van der Waals surface area contributed by atoms with Gasteiger partial charge in [-0.3, -0.25) is 4.79 Å². The van der Waals surface area contributed by atoms with Crippen LogP contribution in [0.15, 0.2) is 83.3 Å². The number of aryl methyl sites for hydroxylation is 2. The molecule has 0 aliphatic carbocycles. The second-order valence-electron chi connectivity index (χ2n) is 9.34. The van der Waals surface area contributed by atoms with Crippen molar-refractivity contribution in [3.05, 3.63) is 107 Å². The van der Waals surface area contributed by atoms with Crippen LogP contribution in [-0.2, 0) is 13.6 Å². The van der Waals surface area contributed by atoms with Crippen molar-refractivity contribution in [2.75, 3.05) is 14.2 Å². The second kappa shape index (κ2) is 8.89. The van der Waals surface area contributed by atoms with Crippen LogP contribution in [0.1, 0.15) is 39.0 Å². The maximum atomic E-state index is 13.8. The molecule has 186 valence electrons. The predicted octanol–water partition coefficient (Wildman–Crippen LogP) is 6.51. The van der Waals surface area contributed by atoms with Crippen LogP contribution in [0.25, 0.3) is 22.2 Å². The van der Waals surface area contributed by atoms with Crippen molar-refractivity contribution < 1.29 is 18.7 Å². The van der Waals surface area contributed by atoms with Gasteiger partial charge in [0.25, 0.3) is 5.91 Å². The Morgan fingerprint density at radius 1 is 0.892 bits per heavy atom. The molecule has 1 atom stereocenters. The van der Waals surface area contributed by atoms with E-state index in [0.29, 0.717) is 12.1 Å². The summed E-state index contributed by atoms with van der Waals surface area (Å²) in [4.78, 5) is 15.8. The number of amides is 1. The first-order valence-corrected chi connectivity index (χ1v) is 12.3. The molecular weight excluding hydrogens is 464 g/mol. The molecule has 1 amide bonds. The minimum Gasteiger partial charge on any atom is -0.497 e. The van der Waals surface area contributed by atoms with Gasteiger partial charge in [-0.2, -0.15) is 0 Å². The lowest BCUT2D eigenvalue weighted by atomic mass is 9.92. The van der Waals surface area contributed by atoms with E-state index in [9.17, 15) is 4.79 Å². The number of carbonyl (C=O) groups excluding carboxylic acids is 1. The Kier molecular flexibility index (Phi) is 5.52. The molecule has 3 aromatic carbocycles. The van der Waals surface area contributed by atoms with Crippen LogP contribution in [0.4, 0.5) is 0 Å². The molecule has 6 heteroatoms. The van der Waals surface area contributed by atoms with E-state index in [2.05, 4.69) is 29.8 Å². The predicted molar refractivity (Wildman–Crippen MR) is 143 cm³/mol.